The highest BCUT2D eigenvalue weighted by Crippen LogP contribution is 2.47. The van der Waals surface area contributed by atoms with Crippen LogP contribution >= 0.6 is 7.82 Å². The zero-order valence-corrected chi connectivity index (χ0v) is 16.4. The number of aromatic nitrogens is 4. The SMILES string of the molecule is Nc1nc2c(ncn2[C@H]2C[C@H](O)[C@@H](COP(=O)(O)O[C@H]3CCCN3N=O)O2)c(=O)[nH]1. The Morgan fingerprint density at radius 1 is 1.50 bits per heavy atom. The summed E-state index contributed by atoms with van der Waals surface area (Å²) in [6.07, 6.45) is -1.34. The summed E-state index contributed by atoms with van der Waals surface area (Å²) in [6, 6.07) is 0. The second-order valence-electron chi connectivity index (χ2n) is 6.92. The van der Waals surface area contributed by atoms with Crippen LogP contribution in [0.3, 0.4) is 0 Å². The van der Waals surface area contributed by atoms with Crippen molar-refractivity contribution in [3.8, 4) is 0 Å². The minimum atomic E-state index is -4.53. The van der Waals surface area contributed by atoms with Gasteiger partial charge >= 0.3 is 7.82 Å². The fourth-order valence-corrected chi connectivity index (χ4v) is 4.38. The van der Waals surface area contributed by atoms with Gasteiger partial charge in [0.15, 0.2) is 17.4 Å². The van der Waals surface area contributed by atoms with E-state index in [1.165, 1.54) is 10.9 Å². The van der Waals surface area contributed by atoms with Gasteiger partial charge in [0.05, 0.1) is 24.3 Å². The Bertz CT molecular complexity index is 1040. The maximum Gasteiger partial charge on any atom is 0.474 e. The van der Waals surface area contributed by atoms with Crippen molar-refractivity contribution in [2.75, 3.05) is 18.9 Å². The van der Waals surface area contributed by atoms with E-state index in [4.69, 9.17) is 19.5 Å². The van der Waals surface area contributed by atoms with Gasteiger partial charge in [-0.2, -0.15) is 4.98 Å². The summed E-state index contributed by atoms with van der Waals surface area (Å²) in [5.74, 6) is -0.100. The number of phosphoric acid groups is 1. The Labute approximate surface area is 168 Å². The smallest absolute Gasteiger partial charge is 0.390 e. The Morgan fingerprint density at radius 3 is 3.07 bits per heavy atom. The van der Waals surface area contributed by atoms with Crippen LogP contribution < -0.4 is 11.3 Å². The van der Waals surface area contributed by atoms with Crippen LogP contribution in [-0.2, 0) is 18.3 Å². The van der Waals surface area contributed by atoms with Crippen LogP contribution in [0.2, 0.25) is 0 Å². The average Bonchev–Trinajstić information content (AvgIpc) is 3.38. The molecule has 16 heteroatoms. The van der Waals surface area contributed by atoms with E-state index in [-0.39, 0.29) is 23.5 Å². The first-order chi connectivity index (χ1) is 14.3. The molecule has 0 aromatic carbocycles. The number of fused-ring (bicyclic) bond motifs is 1. The number of H-pyrrole nitrogens is 1. The van der Waals surface area contributed by atoms with Crippen LogP contribution in [0.5, 0.6) is 0 Å². The molecule has 0 saturated carbocycles. The molecule has 30 heavy (non-hydrogen) atoms. The van der Waals surface area contributed by atoms with Gasteiger partial charge in [-0.05, 0) is 12.8 Å². The van der Waals surface area contributed by atoms with E-state index in [1.807, 2.05) is 0 Å². The molecular weight excluding hydrogens is 425 g/mol. The van der Waals surface area contributed by atoms with Crippen LogP contribution in [0.15, 0.2) is 16.4 Å². The number of aliphatic hydroxyl groups is 1. The number of nitrogens with one attached hydrogen (secondary N) is 1. The molecule has 2 aliphatic heterocycles. The molecule has 164 valence electrons. The summed E-state index contributed by atoms with van der Waals surface area (Å²) in [5.41, 5.74) is 5.28. The van der Waals surface area contributed by atoms with Crippen LogP contribution in [0, 0.1) is 4.91 Å². The number of hydrogen-bond donors (Lipinski definition) is 4. The lowest BCUT2D eigenvalue weighted by Gasteiger charge is -2.22. The topological polar surface area (TPSA) is 207 Å². The average molecular weight is 445 g/mol. The van der Waals surface area contributed by atoms with Crippen LogP contribution in [0.25, 0.3) is 11.2 Å². The standard InChI is InChI=1S/C14H20N7O8P/c15-14-17-12-11(13(23)18-14)16-6-20(12)10-4-7(22)8(28-10)5-27-30(25,26)29-9-2-1-3-21(9)19-24/h6-10,22H,1-5H2,(H,25,26)(H3,15,17,18,23)/t7-,8+,9-,10+/m0/s1. The van der Waals surface area contributed by atoms with Gasteiger partial charge in [0.2, 0.25) is 5.95 Å². The van der Waals surface area contributed by atoms with Gasteiger partial charge in [0.1, 0.15) is 12.3 Å². The van der Waals surface area contributed by atoms with Crippen molar-refractivity contribution in [2.45, 2.75) is 43.9 Å². The van der Waals surface area contributed by atoms with Crippen LogP contribution in [-0.4, -0.2) is 66.1 Å². The maximum absolute atomic E-state index is 12.2. The number of anilines is 1. The van der Waals surface area contributed by atoms with E-state index < -0.39 is 44.7 Å². The van der Waals surface area contributed by atoms with Gasteiger partial charge < -0.3 is 20.5 Å². The van der Waals surface area contributed by atoms with Crippen molar-refractivity contribution in [3.05, 3.63) is 21.6 Å². The minimum Gasteiger partial charge on any atom is -0.390 e. The number of aromatic amines is 1. The lowest BCUT2D eigenvalue weighted by Crippen LogP contribution is -2.28. The van der Waals surface area contributed by atoms with Crippen LogP contribution in [0.1, 0.15) is 25.5 Å². The van der Waals surface area contributed by atoms with Gasteiger partial charge in [-0.25, -0.2) is 14.6 Å². The van der Waals surface area contributed by atoms with Crippen molar-refractivity contribution >= 4 is 24.9 Å². The highest BCUT2D eigenvalue weighted by atomic mass is 31.2. The van der Waals surface area contributed by atoms with Gasteiger partial charge in [0, 0.05) is 13.0 Å². The number of nitroso groups, excluding NO2 is 1. The number of hydrogen-bond acceptors (Lipinski definition) is 11. The molecule has 4 heterocycles. The number of ether oxygens (including phenoxy) is 1. The number of nitrogen functional groups attached to an aromatic ring is 1. The van der Waals surface area contributed by atoms with Gasteiger partial charge in [-0.15, -0.1) is 4.91 Å². The predicted octanol–water partition coefficient (Wildman–Crippen LogP) is -0.413. The van der Waals surface area contributed by atoms with Gasteiger partial charge in [-0.1, -0.05) is 0 Å². The first-order valence-corrected chi connectivity index (χ1v) is 10.6. The van der Waals surface area contributed by atoms with Crippen molar-refractivity contribution in [1.82, 2.24) is 24.5 Å². The molecule has 15 nitrogen and oxygen atoms in total. The number of aliphatic hydroxyl groups excluding tert-OH is 1. The van der Waals surface area contributed by atoms with Gasteiger partial charge in [0.25, 0.3) is 5.56 Å². The third-order valence-electron chi connectivity index (χ3n) is 4.90. The van der Waals surface area contributed by atoms with E-state index in [2.05, 4.69) is 20.2 Å². The second kappa shape index (κ2) is 8.02. The number of nitrogens with zero attached hydrogens (tertiary/aromatic N) is 5. The lowest BCUT2D eigenvalue weighted by atomic mass is 10.2. The summed E-state index contributed by atoms with van der Waals surface area (Å²) in [6.45, 7) is -0.129. The Hall–Kier alpha value is -2.42. The zero-order chi connectivity index (χ0) is 21.5. The molecule has 5 N–H and O–H groups in total. The number of nitrogens with two attached hydrogens (primary N) is 1. The molecule has 2 aliphatic rings. The van der Waals surface area contributed by atoms with E-state index >= 15 is 0 Å². The van der Waals surface area contributed by atoms with Crippen LogP contribution in [0.4, 0.5) is 5.95 Å². The van der Waals surface area contributed by atoms with Crippen molar-refractivity contribution < 1.29 is 28.3 Å². The minimum absolute atomic E-state index is 0.0557. The van der Waals surface area contributed by atoms with Crippen molar-refractivity contribution in [2.24, 2.45) is 5.29 Å². The Balaban J connectivity index is 1.41. The Kier molecular flexibility index (Phi) is 5.57. The molecule has 2 saturated heterocycles. The van der Waals surface area contributed by atoms with E-state index in [0.717, 1.165) is 5.01 Å². The predicted molar refractivity (Wildman–Crippen MR) is 99.5 cm³/mol. The quantitative estimate of drug-likeness (QED) is 0.317. The molecule has 0 radical (unpaired) electrons. The number of phosphoric ester groups is 1. The highest BCUT2D eigenvalue weighted by molar-refractivity contribution is 7.47. The molecule has 0 aliphatic carbocycles. The first-order valence-electron chi connectivity index (χ1n) is 9.09. The van der Waals surface area contributed by atoms with Crippen molar-refractivity contribution in [3.63, 3.8) is 0 Å². The molecule has 2 aromatic heterocycles. The molecule has 0 amide bonds. The van der Waals surface area contributed by atoms with E-state index in [0.29, 0.717) is 19.4 Å². The summed E-state index contributed by atoms with van der Waals surface area (Å²) < 4.78 is 29.3. The van der Waals surface area contributed by atoms with E-state index in [9.17, 15) is 24.3 Å². The number of imidazole rings is 1. The normalized spacial score (nSPS) is 28.8. The number of rotatable bonds is 7. The third kappa shape index (κ3) is 4.08. The fourth-order valence-electron chi connectivity index (χ4n) is 3.46. The monoisotopic (exact) mass is 445 g/mol. The molecule has 0 bridgehead atoms. The Morgan fingerprint density at radius 2 is 2.30 bits per heavy atom. The van der Waals surface area contributed by atoms with Gasteiger partial charge in [-0.3, -0.25) is 23.4 Å². The molecule has 4 rings (SSSR count). The molecule has 1 unspecified atom stereocenters. The molecule has 2 aromatic rings. The third-order valence-corrected chi connectivity index (χ3v) is 5.88. The summed E-state index contributed by atoms with van der Waals surface area (Å²) in [7, 11) is -4.53. The molecule has 5 atom stereocenters. The molecule has 2 fully saturated rings. The summed E-state index contributed by atoms with van der Waals surface area (Å²) in [4.78, 5) is 42.8. The first kappa shape index (κ1) is 20.8. The molecule has 0 spiro atoms. The highest BCUT2D eigenvalue weighted by Gasteiger charge is 2.39. The largest absolute Gasteiger partial charge is 0.474 e. The molecular formula is C14H20N7O8P. The summed E-state index contributed by atoms with van der Waals surface area (Å²) in [5, 5.41) is 14.0. The van der Waals surface area contributed by atoms with Crippen molar-refractivity contribution in [1.29, 1.82) is 0 Å². The maximum atomic E-state index is 12.2. The van der Waals surface area contributed by atoms with E-state index in [1.54, 1.807) is 0 Å². The fraction of sp³-hybridized carbons (Fsp3) is 0.643. The zero-order valence-electron chi connectivity index (χ0n) is 15.5. The second-order valence-corrected chi connectivity index (χ2v) is 8.32. The lowest BCUT2D eigenvalue weighted by molar-refractivity contribution is -0.0499. The summed E-state index contributed by atoms with van der Waals surface area (Å²) >= 11 is 0.